The molecular weight excluding hydrogens is 328 g/mol. The van der Waals surface area contributed by atoms with Gasteiger partial charge in [-0.1, -0.05) is 30.3 Å². The summed E-state index contributed by atoms with van der Waals surface area (Å²) in [4.78, 5) is 24.5. The van der Waals surface area contributed by atoms with E-state index in [-0.39, 0.29) is 11.7 Å². The van der Waals surface area contributed by atoms with Crippen LogP contribution in [0.2, 0.25) is 0 Å². The molecule has 2 aliphatic heterocycles. The van der Waals surface area contributed by atoms with Crippen LogP contribution in [0.25, 0.3) is 0 Å². The number of hydrogen-bond acceptors (Lipinski definition) is 5. The highest BCUT2D eigenvalue weighted by Gasteiger charge is 2.28. The molecule has 2 aromatic rings. The van der Waals surface area contributed by atoms with Gasteiger partial charge in [0.2, 0.25) is 5.95 Å². The van der Waals surface area contributed by atoms with Gasteiger partial charge >= 0.3 is 0 Å². The van der Waals surface area contributed by atoms with E-state index in [1.54, 1.807) is 6.07 Å². The first-order valence-corrected chi connectivity index (χ1v) is 9.47. The Bertz CT molecular complexity index is 792. The van der Waals surface area contributed by atoms with Gasteiger partial charge in [-0.15, -0.1) is 0 Å². The highest BCUT2D eigenvalue weighted by molar-refractivity contribution is 5.45. The van der Waals surface area contributed by atoms with Crippen LogP contribution in [-0.2, 0) is 11.2 Å². The quantitative estimate of drug-likeness (QED) is 0.912. The molecule has 6 nitrogen and oxygen atoms in total. The molecule has 0 bridgehead atoms. The number of ether oxygens (including phenoxy) is 1. The topological polar surface area (TPSA) is 61.5 Å². The van der Waals surface area contributed by atoms with E-state index in [4.69, 9.17) is 9.72 Å². The van der Waals surface area contributed by atoms with E-state index in [0.717, 1.165) is 44.7 Å². The molecule has 4 rings (SSSR count). The minimum absolute atomic E-state index is 0.0884. The van der Waals surface area contributed by atoms with E-state index in [1.165, 1.54) is 5.56 Å². The van der Waals surface area contributed by atoms with Crippen molar-refractivity contribution in [1.29, 1.82) is 0 Å². The molecule has 2 atom stereocenters. The van der Waals surface area contributed by atoms with Crippen LogP contribution in [0.3, 0.4) is 0 Å². The highest BCUT2D eigenvalue weighted by atomic mass is 16.5. The second-order valence-corrected chi connectivity index (χ2v) is 7.23. The van der Waals surface area contributed by atoms with Crippen molar-refractivity contribution in [3.63, 3.8) is 0 Å². The smallest absolute Gasteiger partial charge is 0.254 e. The van der Waals surface area contributed by atoms with Crippen molar-refractivity contribution in [2.45, 2.75) is 38.3 Å². The van der Waals surface area contributed by atoms with Gasteiger partial charge in [0, 0.05) is 31.7 Å². The van der Waals surface area contributed by atoms with Crippen LogP contribution >= 0.6 is 0 Å². The lowest BCUT2D eigenvalue weighted by molar-refractivity contribution is 0.0529. The van der Waals surface area contributed by atoms with Gasteiger partial charge in [0.1, 0.15) is 5.82 Å². The molecule has 138 valence electrons. The first-order valence-electron chi connectivity index (χ1n) is 9.47. The predicted octanol–water partition coefficient (Wildman–Crippen LogP) is 2.21. The summed E-state index contributed by atoms with van der Waals surface area (Å²) < 4.78 is 5.61. The summed E-state index contributed by atoms with van der Waals surface area (Å²) in [7, 11) is 0. The molecule has 6 heteroatoms. The number of benzene rings is 1. The first-order chi connectivity index (χ1) is 12.7. The molecule has 3 heterocycles. The summed E-state index contributed by atoms with van der Waals surface area (Å²) in [5.41, 5.74) is 1.24. The molecule has 1 N–H and O–H groups in total. The van der Waals surface area contributed by atoms with E-state index in [0.29, 0.717) is 18.6 Å². The molecule has 0 amide bonds. The van der Waals surface area contributed by atoms with Crippen molar-refractivity contribution < 1.29 is 4.74 Å². The van der Waals surface area contributed by atoms with Crippen LogP contribution < -0.4 is 15.4 Å². The van der Waals surface area contributed by atoms with Crippen LogP contribution in [0.15, 0.2) is 41.2 Å². The molecular formula is C20H26N4O2. The first kappa shape index (κ1) is 17.1. The van der Waals surface area contributed by atoms with E-state index >= 15 is 0 Å². The Morgan fingerprint density at radius 2 is 2.12 bits per heavy atom. The van der Waals surface area contributed by atoms with Gasteiger partial charge in [-0.2, -0.15) is 4.98 Å². The number of aromatic nitrogens is 2. The van der Waals surface area contributed by atoms with Crippen LogP contribution in [-0.4, -0.2) is 48.4 Å². The molecule has 1 aromatic heterocycles. The van der Waals surface area contributed by atoms with Gasteiger partial charge in [0.05, 0.1) is 12.7 Å². The number of H-pyrrole nitrogens is 1. The van der Waals surface area contributed by atoms with Gasteiger partial charge < -0.3 is 14.5 Å². The highest BCUT2D eigenvalue weighted by Crippen LogP contribution is 2.26. The van der Waals surface area contributed by atoms with Crippen molar-refractivity contribution in [3.8, 4) is 0 Å². The van der Waals surface area contributed by atoms with Gasteiger partial charge in [0.25, 0.3) is 5.56 Å². The van der Waals surface area contributed by atoms with Crippen molar-refractivity contribution >= 4 is 11.8 Å². The molecule has 0 spiro atoms. The lowest BCUT2D eigenvalue weighted by atomic mass is 10.0. The maximum atomic E-state index is 12.3. The summed E-state index contributed by atoms with van der Waals surface area (Å²) in [6.45, 7) is 5.20. The van der Waals surface area contributed by atoms with Gasteiger partial charge in [0.15, 0.2) is 0 Å². The summed E-state index contributed by atoms with van der Waals surface area (Å²) in [6, 6.07) is 12.5. The molecule has 0 saturated carbocycles. The van der Waals surface area contributed by atoms with Crippen LogP contribution in [0.4, 0.5) is 11.8 Å². The SMILES string of the molecule is C[C@@H]1CN(c2cc(=O)[nH]c(N3CCC[C@H]3Cc3ccccc3)n2)CCO1. The summed E-state index contributed by atoms with van der Waals surface area (Å²) >= 11 is 0. The lowest BCUT2D eigenvalue weighted by Crippen LogP contribution is -2.42. The Labute approximate surface area is 153 Å². The van der Waals surface area contributed by atoms with E-state index in [2.05, 4.69) is 46.0 Å². The van der Waals surface area contributed by atoms with Crippen molar-refractivity contribution in [2.24, 2.45) is 0 Å². The normalized spacial score (nSPS) is 23.4. The number of rotatable bonds is 4. The summed E-state index contributed by atoms with van der Waals surface area (Å²) in [5.74, 6) is 1.45. The van der Waals surface area contributed by atoms with Gasteiger partial charge in [-0.25, -0.2) is 0 Å². The van der Waals surface area contributed by atoms with Gasteiger partial charge in [-0.05, 0) is 31.7 Å². The number of nitrogens with zero attached hydrogens (tertiary/aromatic N) is 3. The minimum atomic E-state index is -0.0884. The Morgan fingerprint density at radius 1 is 1.27 bits per heavy atom. The lowest BCUT2D eigenvalue weighted by Gasteiger charge is -2.33. The Balaban J connectivity index is 1.57. The third-order valence-electron chi connectivity index (χ3n) is 5.24. The number of nitrogens with one attached hydrogen (secondary N) is 1. The van der Waals surface area contributed by atoms with E-state index in [9.17, 15) is 4.79 Å². The van der Waals surface area contributed by atoms with Crippen molar-refractivity contribution in [3.05, 3.63) is 52.3 Å². The Hall–Kier alpha value is -2.34. The second-order valence-electron chi connectivity index (χ2n) is 7.23. The molecule has 1 aromatic carbocycles. The molecule has 26 heavy (non-hydrogen) atoms. The molecule has 0 radical (unpaired) electrons. The number of morpholine rings is 1. The van der Waals surface area contributed by atoms with Crippen LogP contribution in [0.1, 0.15) is 25.3 Å². The predicted molar refractivity (Wildman–Crippen MR) is 103 cm³/mol. The minimum Gasteiger partial charge on any atom is -0.375 e. The largest absolute Gasteiger partial charge is 0.375 e. The zero-order valence-electron chi connectivity index (χ0n) is 15.2. The number of hydrogen-bond donors (Lipinski definition) is 1. The number of anilines is 2. The zero-order valence-corrected chi connectivity index (χ0v) is 15.2. The number of aromatic amines is 1. The van der Waals surface area contributed by atoms with Crippen LogP contribution in [0, 0.1) is 0 Å². The summed E-state index contributed by atoms with van der Waals surface area (Å²) in [5, 5.41) is 0. The average Bonchev–Trinajstić information content (AvgIpc) is 3.10. The van der Waals surface area contributed by atoms with Crippen molar-refractivity contribution in [2.75, 3.05) is 36.0 Å². The van der Waals surface area contributed by atoms with E-state index in [1.807, 2.05) is 6.07 Å². The Morgan fingerprint density at radius 3 is 2.92 bits per heavy atom. The molecule has 2 fully saturated rings. The molecule has 0 unspecified atom stereocenters. The molecule has 2 saturated heterocycles. The fourth-order valence-electron chi connectivity index (χ4n) is 3.97. The zero-order chi connectivity index (χ0) is 17.9. The fourth-order valence-corrected chi connectivity index (χ4v) is 3.97. The molecule has 0 aliphatic carbocycles. The van der Waals surface area contributed by atoms with Crippen molar-refractivity contribution in [1.82, 2.24) is 9.97 Å². The van der Waals surface area contributed by atoms with Crippen LogP contribution in [0.5, 0.6) is 0 Å². The third-order valence-corrected chi connectivity index (χ3v) is 5.24. The Kier molecular flexibility index (Phi) is 4.93. The van der Waals surface area contributed by atoms with E-state index < -0.39 is 0 Å². The maximum Gasteiger partial charge on any atom is 0.254 e. The fraction of sp³-hybridized carbons (Fsp3) is 0.500. The standard InChI is InChI=1S/C20H26N4O2/c1-15-14-23(10-11-26-15)18-13-19(25)22-20(21-18)24-9-5-8-17(24)12-16-6-3-2-4-7-16/h2-4,6-7,13,15,17H,5,8-12,14H2,1H3,(H,21,22,25)/t15-,17+/m1/s1. The van der Waals surface area contributed by atoms with Gasteiger partial charge in [-0.3, -0.25) is 9.78 Å². The monoisotopic (exact) mass is 354 g/mol. The summed E-state index contributed by atoms with van der Waals surface area (Å²) in [6.07, 6.45) is 3.38. The second kappa shape index (κ2) is 7.50. The average molecular weight is 354 g/mol. The molecule has 2 aliphatic rings. The third kappa shape index (κ3) is 3.75. The maximum absolute atomic E-state index is 12.3.